The molecule has 1 aliphatic rings. The summed E-state index contributed by atoms with van der Waals surface area (Å²) in [6.45, 7) is 0. The van der Waals surface area contributed by atoms with E-state index in [4.69, 9.17) is 0 Å². The Morgan fingerprint density at radius 2 is 1.59 bits per heavy atom. The van der Waals surface area contributed by atoms with Crippen LogP contribution in [0, 0.1) is 11.6 Å². The van der Waals surface area contributed by atoms with Gasteiger partial charge in [0.05, 0.1) is 5.41 Å². The highest BCUT2D eigenvalue weighted by atomic mass is 19.1. The van der Waals surface area contributed by atoms with Gasteiger partial charge in [-0.3, -0.25) is 4.79 Å². The van der Waals surface area contributed by atoms with Crippen molar-refractivity contribution in [3.05, 3.63) is 65.2 Å². The first-order valence-electron chi connectivity index (χ1n) is 7.33. The summed E-state index contributed by atoms with van der Waals surface area (Å²) in [4.78, 5) is 12.7. The second-order valence-electron chi connectivity index (χ2n) is 5.68. The second-order valence-corrected chi connectivity index (χ2v) is 5.68. The third-order valence-electron chi connectivity index (χ3n) is 4.43. The molecule has 2 nitrogen and oxygen atoms in total. The molecule has 1 unspecified atom stereocenters. The zero-order valence-corrected chi connectivity index (χ0v) is 12.0. The van der Waals surface area contributed by atoms with Crippen molar-refractivity contribution < 1.29 is 18.7 Å². The molecular formula is C18H16F2O2. The van der Waals surface area contributed by atoms with Crippen molar-refractivity contribution in [3.63, 3.8) is 0 Å². The van der Waals surface area contributed by atoms with Crippen molar-refractivity contribution in [2.24, 2.45) is 0 Å². The van der Waals surface area contributed by atoms with Gasteiger partial charge in [-0.15, -0.1) is 0 Å². The van der Waals surface area contributed by atoms with Crippen LogP contribution in [0.25, 0.3) is 0 Å². The van der Waals surface area contributed by atoms with E-state index in [0.29, 0.717) is 18.4 Å². The lowest BCUT2D eigenvalue weighted by Gasteiger charge is -2.37. The van der Waals surface area contributed by atoms with Crippen LogP contribution in [0.2, 0.25) is 0 Å². The van der Waals surface area contributed by atoms with E-state index in [0.717, 1.165) is 12.8 Å². The maximum atomic E-state index is 14.4. The van der Waals surface area contributed by atoms with E-state index in [1.54, 1.807) is 12.1 Å². The van der Waals surface area contributed by atoms with E-state index < -0.39 is 17.0 Å². The molecule has 0 heterocycles. The van der Waals surface area contributed by atoms with Gasteiger partial charge >= 0.3 is 0 Å². The van der Waals surface area contributed by atoms with Crippen LogP contribution in [0.15, 0.2) is 42.5 Å². The van der Waals surface area contributed by atoms with E-state index in [9.17, 15) is 18.7 Å². The van der Waals surface area contributed by atoms with Crippen LogP contribution < -0.4 is 0 Å². The maximum absolute atomic E-state index is 14.4. The average Bonchev–Trinajstić information content (AvgIpc) is 2.50. The number of halogens is 2. The highest BCUT2D eigenvalue weighted by molar-refractivity contribution is 5.94. The summed E-state index contributed by atoms with van der Waals surface area (Å²) >= 11 is 0. The number of benzene rings is 2. The lowest BCUT2D eigenvalue weighted by molar-refractivity contribution is -0.125. The van der Waals surface area contributed by atoms with Gasteiger partial charge in [-0.2, -0.15) is 0 Å². The molecule has 2 aromatic rings. The molecular weight excluding hydrogens is 286 g/mol. The van der Waals surface area contributed by atoms with Crippen LogP contribution in [0.5, 0.6) is 5.75 Å². The number of carbonyl (C=O) groups excluding carboxylic acids is 1. The Kier molecular flexibility index (Phi) is 3.69. The third-order valence-corrected chi connectivity index (χ3v) is 4.43. The summed E-state index contributed by atoms with van der Waals surface area (Å²) in [5.41, 5.74) is -0.953. The minimum absolute atomic E-state index is 0.0520. The molecule has 114 valence electrons. The predicted molar refractivity (Wildman–Crippen MR) is 78.7 cm³/mol. The van der Waals surface area contributed by atoms with Crippen LogP contribution in [-0.4, -0.2) is 10.9 Å². The molecule has 0 spiro atoms. The van der Waals surface area contributed by atoms with E-state index in [1.807, 2.05) is 0 Å². The predicted octanol–water partition coefficient (Wildman–Crippen LogP) is 4.10. The number of rotatable bonds is 2. The molecule has 0 radical (unpaired) electrons. The molecule has 3 rings (SSSR count). The van der Waals surface area contributed by atoms with Gasteiger partial charge in [0.25, 0.3) is 0 Å². The van der Waals surface area contributed by atoms with E-state index in [-0.39, 0.29) is 17.1 Å². The van der Waals surface area contributed by atoms with Crippen LogP contribution >= 0.6 is 0 Å². The van der Waals surface area contributed by atoms with Crippen molar-refractivity contribution in [3.8, 4) is 5.75 Å². The SMILES string of the molecule is O=C1CCCCC1(c1ccc(O)cc1)c1c(F)cccc1F. The number of carbonyl (C=O) groups is 1. The first-order chi connectivity index (χ1) is 10.6. The smallest absolute Gasteiger partial charge is 0.148 e. The Balaban J connectivity index is 2.28. The van der Waals surface area contributed by atoms with Crippen molar-refractivity contribution in [1.29, 1.82) is 0 Å². The van der Waals surface area contributed by atoms with Gasteiger partial charge in [-0.1, -0.05) is 24.6 Å². The van der Waals surface area contributed by atoms with Crippen molar-refractivity contribution >= 4 is 5.78 Å². The summed E-state index contributed by atoms with van der Waals surface area (Å²) in [6.07, 6.45) is 2.12. The summed E-state index contributed by atoms with van der Waals surface area (Å²) in [5.74, 6) is -1.53. The lowest BCUT2D eigenvalue weighted by Crippen LogP contribution is -2.41. The molecule has 1 fully saturated rings. The minimum atomic E-state index is -1.30. The minimum Gasteiger partial charge on any atom is -0.508 e. The molecule has 0 amide bonds. The normalized spacial score (nSPS) is 21.8. The first-order valence-corrected chi connectivity index (χ1v) is 7.33. The standard InChI is InChI=1S/C18H16F2O2/c19-14-4-3-5-15(20)17(14)18(11-2-1-6-16(18)22)12-7-9-13(21)10-8-12/h3-5,7-10,21H,1-2,6,11H2. The molecule has 1 saturated carbocycles. The molecule has 2 aromatic carbocycles. The summed E-state index contributed by atoms with van der Waals surface area (Å²) in [6, 6.07) is 9.70. The average molecular weight is 302 g/mol. The number of phenols is 1. The monoisotopic (exact) mass is 302 g/mol. The number of aromatic hydroxyl groups is 1. The van der Waals surface area contributed by atoms with Crippen LogP contribution in [-0.2, 0) is 10.2 Å². The van der Waals surface area contributed by atoms with Gasteiger partial charge in [-0.25, -0.2) is 8.78 Å². The number of hydrogen-bond donors (Lipinski definition) is 1. The topological polar surface area (TPSA) is 37.3 Å². The molecule has 0 aromatic heterocycles. The lowest BCUT2D eigenvalue weighted by atomic mass is 9.64. The largest absolute Gasteiger partial charge is 0.508 e. The van der Waals surface area contributed by atoms with Gasteiger partial charge in [0, 0.05) is 12.0 Å². The summed E-state index contributed by atoms with van der Waals surface area (Å²) in [5, 5.41) is 9.45. The molecule has 0 bridgehead atoms. The van der Waals surface area contributed by atoms with E-state index >= 15 is 0 Å². The Bertz CT molecular complexity index is 689. The van der Waals surface area contributed by atoms with Crippen molar-refractivity contribution in [2.75, 3.05) is 0 Å². The Hall–Kier alpha value is -2.23. The van der Waals surface area contributed by atoms with Crippen LogP contribution in [0.1, 0.15) is 36.8 Å². The van der Waals surface area contributed by atoms with Gasteiger partial charge in [0.2, 0.25) is 0 Å². The highest BCUT2D eigenvalue weighted by Crippen LogP contribution is 2.44. The van der Waals surface area contributed by atoms with Crippen molar-refractivity contribution in [2.45, 2.75) is 31.1 Å². The van der Waals surface area contributed by atoms with Gasteiger partial charge in [0.15, 0.2) is 0 Å². The maximum Gasteiger partial charge on any atom is 0.148 e. The molecule has 0 aliphatic heterocycles. The molecule has 1 aliphatic carbocycles. The Morgan fingerprint density at radius 3 is 2.18 bits per heavy atom. The van der Waals surface area contributed by atoms with Crippen LogP contribution in [0.4, 0.5) is 8.78 Å². The molecule has 0 saturated heterocycles. The van der Waals surface area contributed by atoms with E-state index in [2.05, 4.69) is 0 Å². The number of ketones is 1. The number of phenolic OH excluding ortho intramolecular Hbond substituents is 1. The molecule has 22 heavy (non-hydrogen) atoms. The quantitative estimate of drug-likeness (QED) is 0.907. The zero-order chi connectivity index (χ0) is 15.7. The fraction of sp³-hybridized carbons (Fsp3) is 0.278. The second kappa shape index (κ2) is 5.52. The zero-order valence-electron chi connectivity index (χ0n) is 12.0. The van der Waals surface area contributed by atoms with Gasteiger partial charge in [-0.05, 0) is 42.7 Å². The first kappa shape index (κ1) is 14.7. The Morgan fingerprint density at radius 1 is 0.955 bits per heavy atom. The van der Waals surface area contributed by atoms with E-state index in [1.165, 1.54) is 30.3 Å². The number of Topliss-reactive ketones (excluding diaryl/α,β-unsaturated/α-hetero) is 1. The fourth-order valence-corrected chi connectivity index (χ4v) is 3.39. The number of hydrogen-bond acceptors (Lipinski definition) is 2. The molecule has 1 atom stereocenters. The van der Waals surface area contributed by atoms with Gasteiger partial charge in [0.1, 0.15) is 23.2 Å². The third kappa shape index (κ3) is 2.19. The molecule has 1 N–H and O–H groups in total. The summed E-state index contributed by atoms with van der Waals surface area (Å²) in [7, 11) is 0. The van der Waals surface area contributed by atoms with Crippen LogP contribution in [0.3, 0.4) is 0 Å². The molecule has 4 heteroatoms. The highest BCUT2D eigenvalue weighted by Gasteiger charge is 2.46. The Labute approximate surface area is 127 Å². The fourth-order valence-electron chi connectivity index (χ4n) is 3.39. The summed E-state index contributed by atoms with van der Waals surface area (Å²) < 4.78 is 28.8. The van der Waals surface area contributed by atoms with Crippen molar-refractivity contribution in [1.82, 2.24) is 0 Å². The van der Waals surface area contributed by atoms with Gasteiger partial charge < -0.3 is 5.11 Å².